The summed E-state index contributed by atoms with van der Waals surface area (Å²) in [5, 5.41) is 1.01. The SMILES string of the molecule is COCCn1ccc2c(C(=O)N3C[C@H]4C[C@@H](C3)C3CCCC(=O)N3C4)cccc21. The van der Waals surface area contributed by atoms with Crippen molar-refractivity contribution >= 4 is 22.7 Å². The van der Waals surface area contributed by atoms with Gasteiger partial charge in [-0.25, -0.2) is 0 Å². The van der Waals surface area contributed by atoms with Crippen LogP contribution in [-0.2, 0) is 16.1 Å². The van der Waals surface area contributed by atoms with E-state index in [-0.39, 0.29) is 5.91 Å². The molecule has 2 amide bonds. The summed E-state index contributed by atoms with van der Waals surface area (Å²) in [5.74, 6) is 1.27. The monoisotopic (exact) mass is 395 g/mol. The fraction of sp³-hybridized carbons (Fsp3) is 0.565. The molecule has 29 heavy (non-hydrogen) atoms. The second kappa shape index (κ2) is 7.48. The first kappa shape index (κ1) is 18.7. The number of nitrogens with zero attached hydrogens (tertiary/aromatic N) is 3. The van der Waals surface area contributed by atoms with Crippen molar-refractivity contribution in [3.63, 3.8) is 0 Å². The zero-order chi connectivity index (χ0) is 20.0. The highest BCUT2D eigenvalue weighted by Crippen LogP contribution is 2.38. The molecule has 1 aromatic heterocycles. The molecule has 3 fully saturated rings. The molecule has 5 rings (SSSR count). The molecule has 3 aliphatic rings. The Bertz CT molecular complexity index is 937. The molecule has 154 valence electrons. The summed E-state index contributed by atoms with van der Waals surface area (Å²) in [5.41, 5.74) is 1.87. The van der Waals surface area contributed by atoms with Gasteiger partial charge < -0.3 is 19.1 Å². The van der Waals surface area contributed by atoms with Crippen molar-refractivity contribution in [3.05, 3.63) is 36.0 Å². The van der Waals surface area contributed by atoms with Gasteiger partial charge in [0, 0.05) is 68.4 Å². The van der Waals surface area contributed by atoms with E-state index in [0.717, 1.165) is 61.9 Å². The number of methoxy groups -OCH3 is 1. The van der Waals surface area contributed by atoms with Crippen molar-refractivity contribution < 1.29 is 14.3 Å². The minimum atomic E-state index is 0.130. The lowest BCUT2D eigenvalue weighted by Gasteiger charge is -2.52. The van der Waals surface area contributed by atoms with Gasteiger partial charge in [0.2, 0.25) is 5.91 Å². The van der Waals surface area contributed by atoms with E-state index >= 15 is 0 Å². The molecule has 2 aromatic rings. The number of rotatable bonds is 4. The van der Waals surface area contributed by atoms with Crippen LogP contribution in [-0.4, -0.2) is 65.6 Å². The second-order valence-corrected chi connectivity index (χ2v) is 8.82. The van der Waals surface area contributed by atoms with Crippen molar-refractivity contribution in [1.29, 1.82) is 0 Å². The number of hydrogen-bond donors (Lipinski definition) is 0. The van der Waals surface area contributed by atoms with E-state index in [1.165, 1.54) is 0 Å². The van der Waals surface area contributed by atoms with E-state index < -0.39 is 0 Å². The van der Waals surface area contributed by atoms with Crippen LogP contribution >= 0.6 is 0 Å². The molecule has 2 bridgehead atoms. The molecule has 1 unspecified atom stereocenters. The number of carbonyl (C=O) groups excluding carboxylic acids is 2. The molecule has 0 saturated carbocycles. The van der Waals surface area contributed by atoms with Crippen molar-refractivity contribution in [2.24, 2.45) is 11.8 Å². The topological polar surface area (TPSA) is 54.8 Å². The van der Waals surface area contributed by atoms with Crippen LogP contribution in [0, 0.1) is 11.8 Å². The molecule has 0 spiro atoms. The van der Waals surface area contributed by atoms with Gasteiger partial charge in [-0.2, -0.15) is 0 Å². The van der Waals surface area contributed by atoms with Crippen molar-refractivity contribution in [3.8, 4) is 0 Å². The number of ether oxygens (including phenoxy) is 1. The quantitative estimate of drug-likeness (QED) is 0.800. The standard InChI is InChI=1S/C23H29N3O3/c1-29-11-10-24-9-8-18-19(4-2-6-21(18)24)23(28)25-13-16-12-17(15-25)20-5-3-7-22(27)26(20)14-16/h2,4,6,8-9,16-17,20H,3,5,7,10-15H2,1H3/t16-,17+,20?/m1/s1. The van der Waals surface area contributed by atoms with E-state index in [1.807, 2.05) is 24.4 Å². The number of aromatic nitrogens is 1. The first-order valence-electron chi connectivity index (χ1n) is 10.8. The van der Waals surface area contributed by atoms with Crippen LogP contribution in [0.5, 0.6) is 0 Å². The van der Waals surface area contributed by atoms with Crippen LogP contribution in [0.3, 0.4) is 0 Å². The third-order valence-corrected chi connectivity index (χ3v) is 7.05. The van der Waals surface area contributed by atoms with Crippen molar-refractivity contribution in [2.75, 3.05) is 33.4 Å². The summed E-state index contributed by atoms with van der Waals surface area (Å²) in [6, 6.07) is 8.37. The highest BCUT2D eigenvalue weighted by Gasteiger charge is 2.44. The van der Waals surface area contributed by atoms with E-state index in [4.69, 9.17) is 4.74 Å². The molecule has 0 radical (unpaired) electrons. The Balaban J connectivity index is 1.39. The predicted molar refractivity (Wildman–Crippen MR) is 111 cm³/mol. The molecule has 1 aromatic carbocycles. The number of carbonyl (C=O) groups is 2. The van der Waals surface area contributed by atoms with E-state index in [0.29, 0.717) is 36.8 Å². The summed E-state index contributed by atoms with van der Waals surface area (Å²) in [4.78, 5) is 30.0. The maximum atomic E-state index is 13.5. The van der Waals surface area contributed by atoms with Gasteiger partial charge in [-0.1, -0.05) is 6.07 Å². The molecular formula is C23H29N3O3. The summed E-state index contributed by atoms with van der Waals surface area (Å²) in [6.07, 6.45) is 5.96. The van der Waals surface area contributed by atoms with Gasteiger partial charge in [-0.3, -0.25) is 9.59 Å². The number of likely N-dealkylation sites (tertiary alicyclic amines) is 1. The van der Waals surface area contributed by atoms with Crippen LogP contribution in [0.4, 0.5) is 0 Å². The van der Waals surface area contributed by atoms with E-state index in [9.17, 15) is 9.59 Å². The Morgan fingerprint density at radius 1 is 1.21 bits per heavy atom. The normalized spacial score (nSPS) is 26.7. The molecular weight excluding hydrogens is 366 g/mol. The number of fused-ring (bicyclic) bond motifs is 5. The van der Waals surface area contributed by atoms with Crippen LogP contribution in [0.15, 0.2) is 30.5 Å². The Morgan fingerprint density at radius 2 is 2.10 bits per heavy atom. The first-order valence-corrected chi connectivity index (χ1v) is 10.8. The predicted octanol–water partition coefficient (Wildman–Crippen LogP) is 2.76. The molecule has 6 heteroatoms. The Morgan fingerprint density at radius 3 is 2.97 bits per heavy atom. The third-order valence-electron chi connectivity index (χ3n) is 7.05. The molecule has 4 heterocycles. The maximum absolute atomic E-state index is 13.5. The largest absolute Gasteiger partial charge is 0.383 e. The lowest BCUT2D eigenvalue weighted by molar-refractivity contribution is -0.144. The fourth-order valence-corrected chi connectivity index (χ4v) is 5.74. The van der Waals surface area contributed by atoms with Gasteiger partial charge in [0.05, 0.1) is 6.61 Å². The fourth-order valence-electron chi connectivity index (χ4n) is 5.74. The third kappa shape index (κ3) is 3.23. The summed E-state index contributed by atoms with van der Waals surface area (Å²) in [7, 11) is 1.70. The van der Waals surface area contributed by atoms with Gasteiger partial charge in [0.15, 0.2) is 0 Å². The zero-order valence-corrected chi connectivity index (χ0v) is 17.0. The minimum absolute atomic E-state index is 0.130. The highest BCUT2D eigenvalue weighted by molar-refractivity contribution is 6.06. The average Bonchev–Trinajstić information content (AvgIpc) is 3.15. The van der Waals surface area contributed by atoms with Crippen LogP contribution < -0.4 is 0 Å². The number of hydrogen-bond acceptors (Lipinski definition) is 3. The van der Waals surface area contributed by atoms with Gasteiger partial charge >= 0.3 is 0 Å². The van der Waals surface area contributed by atoms with E-state index in [1.54, 1.807) is 7.11 Å². The smallest absolute Gasteiger partial charge is 0.254 e. The summed E-state index contributed by atoms with van der Waals surface area (Å²) >= 11 is 0. The average molecular weight is 396 g/mol. The molecule has 0 aliphatic carbocycles. The van der Waals surface area contributed by atoms with E-state index in [2.05, 4.69) is 20.4 Å². The number of benzene rings is 1. The molecule has 6 nitrogen and oxygen atoms in total. The Labute approximate surface area is 171 Å². The lowest BCUT2D eigenvalue weighted by atomic mass is 9.76. The first-order chi connectivity index (χ1) is 14.2. The lowest BCUT2D eigenvalue weighted by Crippen LogP contribution is -2.61. The van der Waals surface area contributed by atoms with Gasteiger partial charge in [-0.05, 0) is 49.3 Å². The van der Waals surface area contributed by atoms with Crippen molar-refractivity contribution in [2.45, 2.75) is 38.3 Å². The number of piperidine rings is 3. The highest BCUT2D eigenvalue weighted by atomic mass is 16.5. The number of amides is 2. The van der Waals surface area contributed by atoms with Crippen LogP contribution in [0.25, 0.3) is 10.9 Å². The Hall–Kier alpha value is -2.34. The Kier molecular flexibility index (Phi) is 4.82. The van der Waals surface area contributed by atoms with Gasteiger partial charge in [0.1, 0.15) is 0 Å². The summed E-state index contributed by atoms with van der Waals surface area (Å²) in [6.45, 7) is 3.77. The molecule has 3 atom stereocenters. The second-order valence-electron chi connectivity index (χ2n) is 8.82. The zero-order valence-electron chi connectivity index (χ0n) is 17.0. The van der Waals surface area contributed by atoms with Crippen LogP contribution in [0.2, 0.25) is 0 Å². The molecule has 0 N–H and O–H groups in total. The van der Waals surface area contributed by atoms with Gasteiger partial charge in [0.25, 0.3) is 5.91 Å². The molecule has 3 saturated heterocycles. The van der Waals surface area contributed by atoms with Crippen LogP contribution in [0.1, 0.15) is 36.0 Å². The summed E-state index contributed by atoms with van der Waals surface area (Å²) < 4.78 is 7.35. The molecule has 3 aliphatic heterocycles. The van der Waals surface area contributed by atoms with Gasteiger partial charge in [-0.15, -0.1) is 0 Å². The minimum Gasteiger partial charge on any atom is -0.383 e. The maximum Gasteiger partial charge on any atom is 0.254 e. The van der Waals surface area contributed by atoms with Crippen molar-refractivity contribution in [1.82, 2.24) is 14.4 Å².